The summed E-state index contributed by atoms with van der Waals surface area (Å²) < 4.78 is 13.1. The minimum absolute atomic E-state index is 0.175. The largest absolute Gasteiger partial charge is 0.494 e. The zero-order valence-corrected chi connectivity index (χ0v) is 25.1. The van der Waals surface area contributed by atoms with Crippen LogP contribution in [0.5, 0.6) is 11.5 Å². The molecule has 208 valence electrons. The molecular formula is C30H29BrClN3O5. The molecule has 0 unspecified atom stereocenters. The van der Waals surface area contributed by atoms with Crippen molar-refractivity contribution in [3.63, 3.8) is 0 Å². The molecular weight excluding hydrogens is 598 g/mol. The standard InChI is InChI=1S/C30H29BrClN3O5/c1-6-39-26-11-17(4)22(14-21(26)16(2)3)28-34-25-10-8-7-9-20(25)29(36)35(28)33-15-19-12-23(31)27(24(32)13-19)40-18(5)30(37)38/h7-16,18H,6H2,1-5H3,(H,37,38)/t18-/m0/s1. The average Bonchev–Trinajstić information content (AvgIpc) is 2.90. The summed E-state index contributed by atoms with van der Waals surface area (Å²) >= 11 is 9.80. The number of rotatable bonds is 9. The highest BCUT2D eigenvalue weighted by Gasteiger charge is 2.20. The molecule has 0 radical (unpaired) electrons. The predicted octanol–water partition coefficient (Wildman–Crippen LogP) is 7.04. The lowest BCUT2D eigenvalue weighted by Gasteiger charge is -2.18. The molecule has 0 aliphatic rings. The van der Waals surface area contributed by atoms with Crippen LogP contribution < -0.4 is 15.0 Å². The molecule has 0 aliphatic heterocycles. The van der Waals surface area contributed by atoms with E-state index in [1.165, 1.54) is 17.8 Å². The van der Waals surface area contributed by atoms with Gasteiger partial charge in [-0.25, -0.2) is 9.78 Å². The van der Waals surface area contributed by atoms with Crippen molar-refractivity contribution in [2.75, 3.05) is 6.61 Å². The molecule has 4 aromatic rings. The summed E-state index contributed by atoms with van der Waals surface area (Å²) in [5, 5.41) is 14.3. The molecule has 0 aliphatic carbocycles. The Hall–Kier alpha value is -3.69. The minimum atomic E-state index is -1.12. The van der Waals surface area contributed by atoms with Crippen LogP contribution >= 0.6 is 27.5 Å². The maximum absolute atomic E-state index is 13.7. The van der Waals surface area contributed by atoms with E-state index in [9.17, 15) is 14.7 Å². The second kappa shape index (κ2) is 12.2. The molecule has 0 spiro atoms. The lowest BCUT2D eigenvalue weighted by atomic mass is 9.96. The van der Waals surface area contributed by atoms with Gasteiger partial charge in [0.15, 0.2) is 17.7 Å². The Morgan fingerprint density at radius 1 is 1.20 bits per heavy atom. The molecule has 0 fully saturated rings. The number of para-hydroxylation sites is 1. The fraction of sp³-hybridized carbons (Fsp3) is 0.267. The normalized spacial score (nSPS) is 12.3. The molecule has 1 heterocycles. The maximum atomic E-state index is 13.7. The SMILES string of the molecule is CCOc1cc(C)c(-c2nc3ccccc3c(=O)n2N=Cc2cc(Cl)c(O[C@@H](C)C(=O)O)c(Br)c2)cc1C(C)C. The first-order chi connectivity index (χ1) is 19.0. The smallest absolute Gasteiger partial charge is 0.344 e. The molecule has 10 heteroatoms. The molecule has 8 nitrogen and oxygen atoms in total. The third-order valence-corrected chi connectivity index (χ3v) is 7.13. The van der Waals surface area contributed by atoms with Crippen molar-refractivity contribution < 1.29 is 19.4 Å². The van der Waals surface area contributed by atoms with Gasteiger partial charge in [0, 0.05) is 5.56 Å². The minimum Gasteiger partial charge on any atom is -0.494 e. The van der Waals surface area contributed by atoms with Gasteiger partial charge >= 0.3 is 5.97 Å². The van der Waals surface area contributed by atoms with E-state index in [-0.39, 0.29) is 22.2 Å². The third-order valence-electron chi connectivity index (χ3n) is 6.26. The maximum Gasteiger partial charge on any atom is 0.344 e. The van der Waals surface area contributed by atoms with Crippen molar-refractivity contribution >= 4 is 50.6 Å². The van der Waals surface area contributed by atoms with Gasteiger partial charge in [-0.05, 0) is 95.7 Å². The zero-order valence-electron chi connectivity index (χ0n) is 22.7. The van der Waals surface area contributed by atoms with Gasteiger partial charge in [0.05, 0.1) is 33.2 Å². The highest BCUT2D eigenvalue weighted by atomic mass is 79.9. The summed E-state index contributed by atoms with van der Waals surface area (Å²) in [4.78, 5) is 29.8. The number of aromatic nitrogens is 2. The number of carboxylic acids is 1. The lowest BCUT2D eigenvalue weighted by molar-refractivity contribution is -0.144. The van der Waals surface area contributed by atoms with Crippen LogP contribution in [-0.2, 0) is 4.79 Å². The number of halogens is 2. The van der Waals surface area contributed by atoms with Crippen LogP contribution in [0.25, 0.3) is 22.3 Å². The van der Waals surface area contributed by atoms with Gasteiger partial charge in [0.25, 0.3) is 5.56 Å². The highest BCUT2D eigenvalue weighted by Crippen LogP contribution is 2.36. The number of carboxylic acid groups (broad SMARTS) is 1. The molecule has 40 heavy (non-hydrogen) atoms. The monoisotopic (exact) mass is 625 g/mol. The molecule has 4 rings (SSSR count). The van der Waals surface area contributed by atoms with Crippen molar-refractivity contribution in [2.24, 2.45) is 5.10 Å². The van der Waals surface area contributed by atoms with Gasteiger partial charge in [-0.1, -0.05) is 37.6 Å². The third kappa shape index (κ3) is 6.05. The van der Waals surface area contributed by atoms with Gasteiger partial charge in [-0.15, -0.1) is 0 Å². The Labute approximate surface area is 245 Å². The van der Waals surface area contributed by atoms with E-state index >= 15 is 0 Å². The number of hydrogen-bond acceptors (Lipinski definition) is 6. The average molecular weight is 627 g/mol. The summed E-state index contributed by atoms with van der Waals surface area (Å²) in [6, 6.07) is 14.4. The molecule has 0 saturated carbocycles. The Bertz CT molecular complexity index is 1660. The molecule has 0 saturated heterocycles. The molecule has 0 amide bonds. The van der Waals surface area contributed by atoms with Gasteiger partial charge in [-0.2, -0.15) is 9.78 Å². The van der Waals surface area contributed by atoms with E-state index in [2.05, 4.69) is 34.9 Å². The van der Waals surface area contributed by atoms with Crippen LogP contribution in [0, 0.1) is 6.92 Å². The second-order valence-corrected chi connectivity index (χ2v) is 10.8. The number of fused-ring (bicyclic) bond motifs is 1. The summed E-state index contributed by atoms with van der Waals surface area (Å²) in [7, 11) is 0. The van der Waals surface area contributed by atoms with Gasteiger partial charge < -0.3 is 14.6 Å². The van der Waals surface area contributed by atoms with Gasteiger partial charge in [0.2, 0.25) is 0 Å². The fourth-order valence-corrected chi connectivity index (χ4v) is 5.15. The summed E-state index contributed by atoms with van der Waals surface area (Å²) in [6.45, 7) is 10.0. The number of aliphatic carboxylic acids is 1. The Kier molecular flexibility index (Phi) is 8.95. The quantitative estimate of drug-likeness (QED) is 0.200. The summed E-state index contributed by atoms with van der Waals surface area (Å²) in [5.41, 5.74) is 3.45. The Morgan fingerprint density at radius 2 is 1.93 bits per heavy atom. The lowest BCUT2D eigenvalue weighted by Crippen LogP contribution is -2.23. The number of nitrogens with zero attached hydrogens (tertiary/aromatic N) is 3. The molecule has 1 aromatic heterocycles. The molecule has 1 N–H and O–H groups in total. The van der Waals surface area contributed by atoms with Crippen molar-refractivity contribution in [1.82, 2.24) is 9.66 Å². The predicted molar refractivity (Wildman–Crippen MR) is 161 cm³/mol. The van der Waals surface area contributed by atoms with Crippen LogP contribution in [0.1, 0.15) is 50.3 Å². The van der Waals surface area contributed by atoms with Crippen molar-refractivity contribution in [3.8, 4) is 22.9 Å². The number of ether oxygens (including phenoxy) is 2. The Morgan fingerprint density at radius 3 is 2.58 bits per heavy atom. The van der Waals surface area contributed by atoms with E-state index in [0.717, 1.165) is 22.4 Å². The van der Waals surface area contributed by atoms with Gasteiger partial charge in [-0.3, -0.25) is 4.79 Å². The van der Waals surface area contributed by atoms with E-state index < -0.39 is 12.1 Å². The van der Waals surface area contributed by atoms with Crippen LogP contribution in [0.2, 0.25) is 5.02 Å². The first kappa shape index (κ1) is 29.3. The highest BCUT2D eigenvalue weighted by molar-refractivity contribution is 9.10. The number of carbonyl (C=O) groups is 1. The first-order valence-corrected chi connectivity index (χ1v) is 13.9. The number of benzene rings is 3. The van der Waals surface area contributed by atoms with E-state index in [1.807, 2.05) is 32.0 Å². The van der Waals surface area contributed by atoms with Crippen LogP contribution in [0.3, 0.4) is 0 Å². The molecule has 0 bridgehead atoms. The van der Waals surface area contributed by atoms with Gasteiger partial charge in [0.1, 0.15) is 5.75 Å². The van der Waals surface area contributed by atoms with Crippen LogP contribution in [0.4, 0.5) is 0 Å². The fourth-order valence-electron chi connectivity index (χ4n) is 4.19. The van der Waals surface area contributed by atoms with Crippen molar-refractivity contribution in [1.29, 1.82) is 0 Å². The van der Waals surface area contributed by atoms with Crippen molar-refractivity contribution in [3.05, 3.63) is 85.1 Å². The summed E-state index contributed by atoms with van der Waals surface area (Å²) in [6.07, 6.45) is 0.404. The van der Waals surface area contributed by atoms with E-state index in [1.54, 1.807) is 30.3 Å². The van der Waals surface area contributed by atoms with Crippen molar-refractivity contribution in [2.45, 2.75) is 46.6 Å². The first-order valence-electron chi connectivity index (χ1n) is 12.7. The second-order valence-electron chi connectivity index (χ2n) is 9.52. The molecule has 1 atom stereocenters. The van der Waals surface area contributed by atoms with Crippen LogP contribution in [0.15, 0.2) is 62.9 Å². The number of aryl methyl sites for hydroxylation is 1. The molecule has 3 aromatic carbocycles. The Balaban J connectivity index is 1.88. The summed E-state index contributed by atoms with van der Waals surface area (Å²) in [5.74, 6) is 0.451. The van der Waals surface area contributed by atoms with Crippen LogP contribution in [-0.4, -0.2) is 39.7 Å². The van der Waals surface area contributed by atoms with E-state index in [0.29, 0.717) is 33.4 Å². The zero-order chi connectivity index (χ0) is 29.1. The topological polar surface area (TPSA) is 103 Å². The number of hydrogen-bond donors (Lipinski definition) is 1. The van der Waals surface area contributed by atoms with E-state index in [4.69, 9.17) is 26.1 Å².